The zero-order chi connectivity index (χ0) is 15.1. The number of benzene rings is 2. The van der Waals surface area contributed by atoms with Crippen LogP contribution in [0.4, 0.5) is 10.5 Å². The summed E-state index contributed by atoms with van der Waals surface area (Å²) in [5.41, 5.74) is 2.01. The van der Waals surface area contributed by atoms with E-state index >= 15 is 0 Å². The summed E-state index contributed by atoms with van der Waals surface area (Å²) < 4.78 is 5.69. The van der Waals surface area contributed by atoms with Crippen LogP contribution in [-0.4, -0.2) is 31.6 Å². The molecule has 0 aliphatic carbocycles. The van der Waals surface area contributed by atoms with E-state index < -0.39 is 0 Å². The summed E-state index contributed by atoms with van der Waals surface area (Å²) in [6.45, 7) is 0.632. The van der Waals surface area contributed by atoms with Gasteiger partial charge in [-0.25, -0.2) is 4.79 Å². The van der Waals surface area contributed by atoms with Crippen molar-refractivity contribution in [2.75, 3.05) is 26.0 Å². The smallest absolute Gasteiger partial charge is 0.321 e. The second kappa shape index (κ2) is 7.33. The van der Waals surface area contributed by atoms with Crippen LogP contribution in [-0.2, 0) is 6.42 Å². The fraction of sp³-hybridized carbons (Fsp3) is 0.235. The van der Waals surface area contributed by atoms with Crippen molar-refractivity contribution in [1.29, 1.82) is 0 Å². The molecular formula is C17H20N2O2. The summed E-state index contributed by atoms with van der Waals surface area (Å²) in [5, 5.41) is 2.78. The van der Waals surface area contributed by atoms with Crippen LogP contribution < -0.4 is 10.1 Å². The van der Waals surface area contributed by atoms with Crippen molar-refractivity contribution in [2.24, 2.45) is 0 Å². The topological polar surface area (TPSA) is 41.6 Å². The molecule has 0 aliphatic heterocycles. The summed E-state index contributed by atoms with van der Waals surface area (Å²) >= 11 is 0. The molecule has 0 aliphatic rings. The van der Waals surface area contributed by atoms with E-state index in [1.165, 1.54) is 10.5 Å². The number of rotatable bonds is 5. The van der Waals surface area contributed by atoms with Gasteiger partial charge >= 0.3 is 6.03 Å². The van der Waals surface area contributed by atoms with Crippen molar-refractivity contribution in [3.05, 3.63) is 60.2 Å². The zero-order valence-corrected chi connectivity index (χ0v) is 12.4. The standard InChI is InChI=1S/C17H20N2O2/c1-19(2)17(20)18-15-8-10-16(11-9-15)21-13-12-14-6-4-3-5-7-14/h3-11H,12-13H2,1-2H3,(H,18,20). The largest absolute Gasteiger partial charge is 0.493 e. The quantitative estimate of drug-likeness (QED) is 0.914. The Morgan fingerprint density at radius 1 is 1.05 bits per heavy atom. The van der Waals surface area contributed by atoms with Crippen molar-refractivity contribution in [3.63, 3.8) is 0 Å². The van der Waals surface area contributed by atoms with Gasteiger partial charge in [0, 0.05) is 26.2 Å². The van der Waals surface area contributed by atoms with Gasteiger partial charge in [0.05, 0.1) is 6.61 Å². The molecule has 2 rings (SSSR count). The van der Waals surface area contributed by atoms with E-state index in [1.807, 2.05) is 42.5 Å². The third kappa shape index (κ3) is 4.84. The first-order chi connectivity index (χ1) is 10.1. The predicted molar refractivity (Wildman–Crippen MR) is 84.8 cm³/mol. The molecule has 1 N–H and O–H groups in total. The SMILES string of the molecule is CN(C)C(=O)Nc1ccc(OCCc2ccccc2)cc1. The molecule has 4 nitrogen and oxygen atoms in total. The maximum atomic E-state index is 11.5. The lowest BCUT2D eigenvalue weighted by atomic mass is 10.2. The monoisotopic (exact) mass is 284 g/mol. The van der Waals surface area contributed by atoms with Gasteiger partial charge in [-0.2, -0.15) is 0 Å². The number of nitrogens with zero attached hydrogens (tertiary/aromatic N) is 1. The Balaban J connectivity index is 1.81. The third-order valence-electron chi connectivity index (χ3n) is 3.01. The van der Waals surface area contributed by atoms with Gasteiger partial charge in [-0.3, -0.25) is 0 Å². The van der Waals surface area contributed by atoms with Gasteiger partial charge in [0.15, 0.2) is 0 Å². The van der Waals surface area contributed by atoms with Crippen LogP contribution in [0.1, 0.15) is 5.56 Å². The van der Waals surface area contributed by atoms with Crippen LogP contribution in [0, 0.1) is 0 Å². The van der Waals surface area contributed by atoms with Crippen LogP contribution >= 0.6 is 0 Å². The van der Waals surface area contributed by atoms with Crippen molar-refractivity contribution in [1.82, 2.24) is 4.90 Å². The minimum atomic E-state index is -0.146. The minimum absolute atomic E-state index is 0.146. The number of amides is 2. The molecule has 2 aromatic rings. The van der Waals surface area contributed by atoms with Crippen molar-refractivity contribution in [2.45, 2.75) is 6.42 Å². The number of ether oxygens (including phenoxy) is 1. The molecule has 4 heteroatoms. The van der Waals surface area contributed by atoms with Gasteiger partial charge in [-0.05, 0) is 29.8 Å². The van der Waals surface area contributed by atoms with Crippen LogP contribution in [0.15, 0.2) is 54.6 Å². The van der Waals surface area contributed by atoms with E-state index in [2.05, 4.69) is 17.4 Å². The fourth-order valence-corrected chi connectivity index (χ4v) is 1.80. The number of hydrogen-bond acceptors (Lipinski definition) is 2. The maximum Gasteiger partial charge on any atom is 0.321 e. The van der Waals surface area contributed by atoms with Gasteiger partial charge < -0.3 is 15.0 Å². The van der Waals surface area contributed by atoms with Crippen LogP contribution in [0.3, 0.4) is 0 Å². The van der Waals surface area contributed by atoms with E-state index in [0.717, 1.165) is 17.9 Å². The normalized spacial score (nSPS) is 10.0. The molecule has 0 unspecified atom stereocenters. The van der Waals surface area contributed by atoms with Gasteiger partial charge in [0.1, 0.15) is 5.75 Å². The molecule has 110 valence electrons. The van der Waals surface area contributed by atoms with Gasteiger partial charge in [0.2, 0.25) is 0 Å². The van der Waals surface area contributed by atoms with E-state index in [4.69, 9.17) is 4.74 Å². The lowest BCUT2D eigenvalue weighted by Crippen LogP contribution is -2.27. The molecule has 0 saturated heterocycles. The molecule has 2 aromatic carbocycles. The molecule has 0 bridgehead atoms. The summed E-state index contributed by atoms with van der Waals surface area (Å²) in [6.07, 6.45) is 0.875. The Bertz CT molecular complexity index is 565. The highest BCUT2D eigenvalue weighted by Gasteiger charge is 2.03. The van der Waals surface area contributed by atoms with E-state index in [-0.39, 0.29) is 6.03 Å². The van der Waals surface area contributed by atoms with Crippen LogP contribution in [0.25, 0.3) is 0 Å². The van der Waals surface area contributed by atoms with E-state index in [9.17, 15) is 4.79 Å². The minimum Gasteiger partial charge on any atom is -0.493 e. The molecule has 21 heavy (non-hydrogen) atoms. The highest BCUT2D eigenvalue weighted by atomic mass is 16.5. The average Bonchev–Trinajstić information content (AvgIpc) is 2.50. The van der Waals surface area contributed by atoms with E-state index in [1.54, 1.807) is 14.1 Å². The molecule has 0 saturated carbocycles. The molecule has 0 aromatic heterocycles. The molecule has 0 spiro atoms. The van der Waals surface area contributed by atoms with E-state index in [0.29, 0.717) is 6.61 Å². The first kappa shape index (κ1) is 14.9. The summed E-state index contributed by atoms with van der Waals surface area (Å²) in [4.78, 5) is 13.0. The Hall–Kier alpha value is -2.49. The highest BCUT2D eigenvalue weighted by Crippen LogP contribution is 2.16. The lowest BCUT2D eigenvalue weighted by Gasteiger charge is -2.12. The molecule has 0 atom stereocenters. The number of hydrogen-bond donors (Lipinski definition) is 1. The molecule has 0 heterocycles. The fourth-order valence-electron chi connectivity index (χ4n) is 1.80. The summed E-state index contributed by atoms with van der Waals surface area (Å²) in [6, 6.07) is 17.5. The highest BCUT2D eigenvalue weighted by molar-refractivity contribution is 5.88. The Kier molecular flexibility index (Phi) is 5.21. The van der Waals surface area contributed by atoms with Gasteiger partial charge in [-0.15, -0.1) is 0 Å². The molecule has 0 radical (unpaired) electrons. The van der Waals surface area contributed by atoms with Crippen molar-refractivity contribution >= 4 is 11.7 Å². The molecular weight excluding hydrogens is 264 g/mol. The first-order valence-electron chi connectivity index (χ1n) is 6.90. The van der Waals surface area contributed by atoms with Crippen molar-refractivity contribution in [3.8, 4) is 5.75 Å². The summed E-state index contributed by atoms with van der Waals surface area (Å²) in [5.74, 6) is 0.800. The average molecular weight is 284 g/mol. The third-order valence-corrected chi connectivity index (χ3v) is 3.01. The number of nitrogens with one attached hydrogen (secondary N) is 1. The van der Waals surface area contributed by atoms with Crippen LogP contribution in [0.5, 0.6) is 5.75 Å². The Labute approximate surface area is 125 Å². The molecule has 2 amide bonds. The van der Waals surface area contributed by atoms with Gasteiger partial charge in [-0.1, -0.05) is 30.3 Å². The van der Waals surface area contributed by atoms with Gasteiger partial charge in [0.25, 0.3) is 0 Å². The number of anilines is 1. The second-order valence-corrected chi connectivity index (χ2v) is 4.93. The first-order valence-corrected chi connectivity index (χ1v) is 6.90. The second-order valence-electron chi connectivity index (χ2n) is 4.93. The number of carbonyl (C=O) groups is 1. The zero-order valence-electron chi connectivity index (χ0n) is 12.4. The number of urea groups is 1. The predicted octanol–water partition coefficient (Wildman–Crippen LogP) is 3.40. The summed E-state index contributed by atoms with van der Waals surface area (Å²) in [7, 11) is 3.41. The maximum absolute atomic E-state index is 11.5. The Morgan fingerprint density at radius 3 is 2.33 bits per heavy atom. The lowest BCUT2D eigenvalue weighted by molar-refractivity contribution is 0.230. The van der Waals surface area contributed by atoms with Crippen LogP contribution in [0.2, 0.25) is 0 Å². The molecule has 0 fully saturated rings. The van der Waals surface area contributed by atoms with Crippen molar-refractivity contribution < 1.29 is 9.53 Å². The Morgan fingerprint density at radius 2 is 1.71 bits per heavy atom. The number of carbonyl (C=O) groups excluding carboxylic acids is 1.